The van der Waals surface area contributed by atoms with Gasteiger partial charge in [0.15, 0.2) is 11.5 Å². The molecule has 0 radical (unpaired) electrons. The van der Waals surface area contributed by atoms with Gasteiger partial charge in [-0.15, -0.1) is 0 Å². The molecule has 0 aliphatic carbocycles. The summed E-state index contributed by atoms with van der Waals surface area (Å²) in [6.07, 6.45) is 4.14. The molecule has 1 saturated heterocycles. The number of amides is 2. The quantitative estimate of drug-likeness (QED) is 0.721. The Hall–Kier alpha value is -3.49. The van der Waals surface area contributed by atoms with E-state index in [0.29, 0.717) is 36.4 Å². The maximum absolute atomic E-state index is 12.9. The molecule has 3 rings (SSSR count). The van der Waals surface area contributed by atoms with Gasteiger partial charge < -0.3 is 28.8 Å². The standard InChI is InChI=1S/C21H24N2O7/c1-27-17-9-15(21(26)29-3)16(10-18(17)28-2)22-19(24)13-5-4-7-23(11-13)20(25)14-6-8-30-12-14/h6,8-10,12-13H,4-5,7,11H2,1-3H3,(H,22,24). The molecule has 1 aliphatic rings. The van der Waals surface area contributed by atoms with Gasteiger partial charge in [-0.05, 0) is 18.9 Å². The fourth-order valence-corrected chi connectivity index (χ4v) is 3.44. The molecule has 9 nitrogen and oxygen atoms in total. The van der Waals surface area contributed by atoms with Gasteiger partial charge in [-0.2, -0.15) is 0 Å². The molecule has 1 N–H and O–H groups in total. The van der Waals surface area contributed by atoms with Crippen LogP contribution < -0.4 is 14.8 Å². The molecule has 1 aromatic heterocycles. The topological polar surface area (TPSA) is 107 Å². The van der Waals surface area contributed by atoms with Crippen molar-refractivity contribution in [3.8, 4) is 11.5 Å². The summed E-state index contributed by atoms with van der Waals surface area (Å²) in [5, 5.41) is 2.78. The third kappa shape index (κ3) is 4.40. The van der Waals surface area contributed by atoms with E-state index in [0.717, 1.165) is 0 Å². The van der Waals surface area contributed by atoms with Gasteiger partial charge in [-0.25, -0.2) is 4.79 Å². The minimum absolute atomic E-state index is 0.144. The van der Waals surface area contributed by atoms with Crippen molar-refractivity contribution in [1.29, 1.82) is 0 Å². The van der Waals surface area contributed by atoms with E-state index in [1.807, 2.05) is 0 Å². The van der Waals surface area contributed by atoms with E-state index in [9.17, 15) is 14.4 Å². The first kappa shape index (κ1) is 21.2. The molecule has 0 spiro atoms. The molecule has 160 valence electrons. The fraction of sp³-hybridized carbons (Fsp3) is 0.381. The minimum Gasteiger partial charge on any atom is -0.493 e. The van der Waals surface area contributed by atoms with Crippen LogP contribution in [-0.2, 0) is 9.53 Å². The third-order valence-electron chi connectivity index (χ3n) is 5.03. The number of carbonyl (C=O) groups excluding carboxylic acids is 3. The zero-order valence-corrected chi connectivity index (χ0v) is 17.1. The molecule has 2 heterocycles. The van der Waals surface area contributed by atoms with Crippen molar-refractivity contribution < 1.29 is 33.0 Å². The van der Waals surface area contributed by atoms with Crippen LogP contribution in [0, 0.1) is 5.92 Å². The lowest BCUT2D eigenvalue weighted by molar-refractivity contribution is -0.121. The van der Waals surface area contributed by atoms with Gasteiger partial charge in [0.1, 0.15) is 6.26 Å². The lowest BCUT2D eigenvalue weighted by Crippen LogP contribution is -2.43. The zero-order valence-electron chi connectivity index (χ0n) is 17.1. The largest absolute Gasteiger partial charge is 0.493 e. The Morgan fingerprint density at radius 1 is 1.13 bits per heavy atom. The van der Waals surface area contributed by atoms with Gasteiger partial charge in [0.25, 0.3) is 5.91 Å². The monoisotopic (exact) mass is 416 g/mol. The number of nitrogens with zero attached hydrogens (tertiary/aromatic N) is 1. The van der Waals surface area contributed by atoms with Gasteiger partial charge in [-0.3, -0.25) is 9.59 Å². The predicted molar refractivity (Wildman–Crippen MR) is 107 cm³/mol. The summed E-state index contributed by atoms with van der Waals surface area (Å²) in [7, 11) is 4.16. The van der Waals surface area contributed by atoms with E-state index >= 15 is 0 Å². The summed E-state index contributed by atoms with van der Waals surface area (Å²) in [6, 6.07) is 4.56. The number of piperidine rings is 1. The number of methoxy groups -OCH3 is 3. The van der Waals surface area contributed by atoms with Crippen LogP contribution in [0.3, 0.4) is 0 Å². The van der Waals surface area contributed by atoms with E-state index in [1.165, 1.54) is 46.0 Å². The molecule has 1 fully saturated rings. The van der Waals surface area contributed by atoms with Crippen molar-refractivity contribution in [1.82, 2.24) is 4.90 Å². The first-order chi connectivity index (χ1) is 14.5. The van der Waals surface area contributed by atoms with Crippen LogP contribution in [0.25, 0.3) is 0 Å². The number of likely N-dealkylation sites (tertiary alicyclic amines) is 1. The highest BCUT2D eigenvalue weighted by molar-refractivity contribution is 6.03. The number of anilines is 1. The van der Waals surface area contributed by atoms with Crippen molar-refractivity contribution in [3.63, 3.8) is 0 Å². The molecule has 2 amide bonds. The molecule has 2 aromatic rings. The number of esters is 1. The number of carbonyl (C=O) groups is 3. The summed E-state index contributed by atoms with van der Waals surface area (Å²) in [4.78, 5) is 39.3. The van der Waals surface area contributed by atoms with Crippen LogP contribution in [0.4, 0.5) is 5.69 Å². The maximum Gasteiger partial charge on any atom is 0.340 e. The second-order valence-electron chi connectivity index (χ2n) is 6.84. The molecule has 0 bridgehead atoms. The molecule has 1 aromatic carbocycles. The predicted octanol–water partition coefficient (Wildman–Crippen LogP) is 2.57. The van der Waals surface area contributed by atoms with Gasteiger partial charge in [0.05, 0.1) is 50.3 Å². The van der Waals surface area contributed by atoms with Crippen molar-refractivity contribution in [2.45, 2.75) is 12.8 Å². The number of hydrogen-bond acceptors (Lipinski definition) is 7. The average Bonchev–Trinajstić information content (AvgIpc) is 3.32. The van der Waals surface area contributed by atoms with Crippen LogP contribution in [0.2, 0.25) is 0 Å². The van der Waals surface area contributed by atoms with Crippen molar-refractivity contribution in [2.24, 2.45) is 5.92 Å². The first-order valence-corrected chi connectivity index (χ1v) is 9.45. The highest BCUT2D eigenvalue weighted by atomic mass is 16.5. The summed E-state index contributed by atoms with van der Waals surface area (Å²) >= 11 is 0. The Labute approximate surface area is 173 Å². The maximum atomic E-state index is 12.9. The number of furan rings is 1. The average molecular weight is 416 g/mol. The number of nitrogens with one attached hydrogen (secondary N) is 1. The SMILES string of the molecule is COC(=O)c1cc(OC)c(OC)cc1NC(=O)C1CCCN(C(=O)c2ccoc2)C1. The van der Waals surface area contributed by atoms with Crippen LogP contribution in [0.1, 0.15) is 33.6 Å². The second-order valence-corrected chi connectivity index (χ2v) is 6.84. The highest BCUT2D eigenvalue weighted by Gasteiger charge is 2.30. The molecule has 1 atom stereocenters. The molecular formula is C21H24N2O7. The van der Waals surface area contributed by atoms with Crippen molar-refractivity contribution in [3.05, 3.63) is 41.9 Å². The van der Waals surface area contributed by atoms with Crippen molar-refractivity contribution in [2.75, 3.05) is 39.7 Å². The third-order valence-corrected chi connectivity index (χ3v) is 5.03. The Kier molecular flexibility index (Phi) is 6.61. The van der Waals surface area contributed by atoms with Gasteiger partial charge in [0, 0.05) is 25.2 Å². The Morgan fingerprint density at radius 3 is 2.50 bits per heavy atom. The lowest BCUT2D eigenvalue weighted by Gasteiger charge is -2.32. The van der Waals surface area contributed by atoms with E-state index in [-0.39, 0.29) is 29.6 Å². The summed E-state index contributed by atoms with van der Waals surface area (Å²) in [5.41, 5.74) is 0.845. The lowest BCUT2D eigenvalue weighted by atomic mass is 9.96. The van der Waals surface area contributed by atoms with Gasteiger partial charge in [0.2, 0.25) is 5.91 Å². The highest BCUT2D eigenvalue weighted by Crippen LogP contribution is 2.34. The van der Waals surface area contributed by atoms with E-state index in [1.54, 1.807) is 11.0 Å². The fourth-order valence-electron chi connectivity index (χ4n) is 3.44. The number of ether oxygens (including phenoxy) is 3. The normalized spacial score (nSPS) is 16.0. The molecular weight excluding hydrogens is 392 g/mol. The molecule has 0 saturated carbocycles. The van der Waals surface area contributed by atoms with E-state index in [4.69, 9.17) is 18.6 Å². The van der Waals surface area contributed by atoms with E-state index < -0.39 is 11.9 Å². The minimum atomic E-state index is -0.619. The number of benzene rings is 1. The smallest absolute Gasteiger partial charge is 0.340 e. The number of rotatable bonds is 6. The first-order valence-electron chi connectivity index (χ1n) is 9.45. The molecule has 9 heteroatoms. The number of hydrogen-bond donors (Lipinski definition) is 1. The summed E-state index contributed by atoms with van der Waals surface area (Å²) in [6.45, 7) is 0.842. The van der Waals surface area contributed by atoms with Crippen molar-refractivity contribution >= 4 is 23.5 Å². The van der Waals surface area contributed by atoms with E-state index in [2.05, 4.69) is 5.32 Å². The zero-order chi connectivity index (χ0) is 21.7. The molecule has 1 unspecified atom stereocenters. The van der Waals surface area contributed by atoms with Crippen LogP contribution in [0.5, 0.6) is 11.5 Å². The molecule has 1 aliphatic heterocycles. The Bertz CT molecular complexity index is 924. The van der Waals surface area contributed by atoms with Gasteiger partial charge >= 0.3 is 5.97 Å². The summed E-state index contributed by atoms with van der Waals surface area (Å²) < 4.78 is 20.3. The molecule has 30 heavy (non-hydrogen) atoms. The summed E-state index contributed by atoms with van der Waals surface area (Å²) in [5.74, 6) is -0.814. The van der Waals surface area contributed by atoms with Crippen LogP contribution in [0.15, 0.2) is 35.1 Å². The van der Waals surface area contributed by atoms with Gasteiger partial charge in [-0.1, -0.05) is 0 Å². The Balaban J connectivity index is 1.79. The van der Waals surface area contributed by atoms with Crippen LogP contribution in [-0.4, -0.2) is 57.1 Å². The Morgan fingerprint density at radius 2 is 1.87 bits per heavy atom. The second kappa shape index (κ2) is 9.34. The van der Waals surface area contributed by atoms with Crippen LogP contribution >= 0.6 is 0 Å².